The van der Waals surface area contributed by atoms with Gasteiger partial charge >= 0.3 is 0 Å². The van der Waals surface area contributed by atoms with E-state index in [-0.39, 0.29) is 12.0 Å². The van der Waals surface area contributed by atoms with Crippen LogP contribution < -0.4 is 9.47 Å². The number of nitrogens with zero attached hydrogens (tertiary/aromatic N) is 2. The Labute approximate surface area is 184 Å². The van der Waals surface area contributed by atoms with E-state index in [1.807, 2.05) is 29.2 Å². The van der Waals surface area contributed by atoms with Crippen LogP contribution >= 0.6 is 0 Å². The number of amides is 1. The average molecular weight is 421 g/mol. The van der Waals surface area contributed by atoms with Gasteiger partial charge in [0.1, 0.15) is 6.61 Å². The number of fused-ring (bicyclic) bond motifs is 3. The van der Waals surface area contributed by atoms with Crippen molar-refractivity contribution in [2.45, 2.75) is 57.3 Å². The molecular formula is C26H32N2O3. The van der Waals surface area contributed by atoms with Crippen LogP contribution in [0.15, 0.2) is 54.6 Å². The first kappa shape index (κ1) is 20.4. The summed E-state index contributed by atoms with van der Waals surface area (Å²) < 4.78 is 12.0. The number of carbonyl (C=O) groups excluding carboxylic acids is 1. The van der Waals surface area contributed by atoms with Gasteiger partial charge in [0.25, 0.3) is 0 Å². The highest BCUT2D eigenvalue weighted by atomic mass is 16.6. The third kappa shape index (κ3) is 4.57. The summed E-state index contributed by atoms with van der Waals surface area (Å²) >= 11 is 0. The molecule has 5 heteroatoms. The molecule has 2 aromatic rings. The Kier molecular flexibility index (Phi) is 5.86. The number of hydrogen-bond acceptors (Lipinski definition) is 4. The van der Waals surface area contributed by atoms with E-state index in [1.165, 1.54) is 31.2 Å². The molecule has 2 saturated heterocycles. The molecule has 2 bridgehead atoms. The standard InChI is InChI=1S/C26H32N2O3/c1-19(29)27(17-24-18-30-25-9-5-6-10-26(25)31-24)15-21-13-22-11-12-23(14-21)28(22)16-20-7-3-2-4-8-20/h2-10,21-24H,11-18H2,1H3. The minimum Gasteiger partial charge on any atom is -0.486 e. The normalized spacial score (nSPS) is 27.1. The van der Waals surface area contributed by atoms with Gasteiger partial charge in [-0.3, -0.25) is 9.69 Å². The summed E-state index contributed by atoms with van der Waals surface area (Å²) in [5, 5.41) is 0. The molecule has 164 valence electrons. The van der Waals surface area contributed by atoms with Crippen molar-refractivity contribution in [2.24, 2.45) is 5.92 Å². The number of hydrogen-bond donors (Lipinski definition) is 0. The Balaban J connectivity index is 1.19. The van der Waals surface area contributed by atoms with Crippen LogP contribution in [0.4, 0.5) is 0 Å². The second-order valence-corrected chi connectivity index (χ2v) is 9.30. The minimum atomic E-state index is -0.117. The highest BCUT2D eigenvalue weighted by Crippen LogP contribution is 2.40. The summed E-state index contributed by atoms with van der Waals surface area (Å²) in [5.74, 6) is 2.25. The molecule has 5 nitrogen and oxygen atoms in total. The number of para-hydroxylation sites is 2. The third-order valence-corrected chi connectivity index (χ3v) is 7.11. The van der Waals surface area contributed by atoms with Crippen LogP contribution in [0.3, 0.4) is 0 Å². The fourth-order valence-corrected chi connectivity index (χ4v) is 5.63. The van der Waals surface area contributed by atoms with Crippen molar-refractivity contribution in [1.82, 2.24) is 9.80 Å². The van der Waals surface area contributed by atoms with Gasteiger partial charge in [-0.15, -0.1) is 0 Å². The fourth-order valence-electron chi connectivity index (χ4n) is 5.63. The molecule has 0 spiro atoms. The van der Waals surface area contributed by atoms with Gasteiger partial charge in [0.2, 0.25) is 5.91 Å². The lowest BCUT2D eigenvalue weighted by Crippen LogP contribution is -2.48. The van der Waals surface area contributed by atoms with Crippen molar-refractivity contribution in [3.63, 3.8) is 0 Å². The maximum absolute atomic E-state index is 12.4. The van der Waals surface area contributed by atoms with Gasteiger partial charge in [-0.05, 0) is 49.3 Å². The van der Waals surface area contributed by atoms with E-state index in [4.69, 9.17) is 9.47 Å². The van der Waals surface area contributed by atoms with Gasteiger partial charge in [0, 0.05) is 32.1 Å². The zero-order valence-electron chi connectivity index (χ0n) is 18.3. The molecule has 3 aliphatic rings. The van der Waals surface area contributed by atoms with Gasteiger partial charge in [0.05, 0.1) is 6.54 Å². The number of rotatable bonds is 6. The highest BCUT2D eigenvalue weighted by Gasteiger charge is 2.41. The molecule has 3 atom stereocenters. The molecule has 3 aliphatic heterocycles. The molecule has 0 saturated carbocycles. The van der Waals surface area contributed by atoms with Crippen LogP contribution in [-0.2, 0) is 11.3 Å². The summed E-state index contributed by atoms with van der Waals surface area (Å²) in [4.78, 5) is 17.1. The molecule has 2 aromatic carbocycles. The van der Waals surface area contributed by atoms with Gasteiger partial charge < -0.3 is 14.4 Å². The van der Waals surface area contributed by atoms with E-state index < -0.39 is 0 Å². The van der Waals surface area contributed by atoms with Gasteiger partial charge in [-0.25, -0.2) is 0 Å². The second kappa shape index (κ2) is 8.91. The van der Waals surface area contributed by atoms with Crippen molar-refractivity contribution in [3.05, 3.63) is 60.2 Å². The topological polar surface area (TPSA) is 42.0 Å². The Morgan fingerprint density at radius 3 is 2.35 bits per heavy atom. The third-order valence-electron chi connectivity index (χ3n) is 7.11. The first-order chi connectivity index (χ1) is 15.2. The molecule has 3 heterocycles. The SMILES string of the molecule is CC(=O)N(CC1CC2CCC(C1)N2Cc1ccccc1)CC1COc2ccccc2O1. The summed E-state index contributed by atoms with van der Waals surface area (Å²) in [6.07, 6.45) is 4.80. The molecular weight excluding hydrogens is 388 g/mol. The maximum atomic E-state index is 12.4. The molecule has 0 aliphatic carbocycles. The monoisotopic (exact) mass is 420 g/mol. The van der Waals surface area contributed by atoms with E-state index in [0.29, 0.717) is 31.2 Å². The Bertz CT molecular complexity index is 889. The molecule has 1 amide bonds. The first-order valence-electron chi connectivity index (χ1n) is 11.6. The number of benzene rings is 2. The van der Waals surface area contributed by atoms with Crippen molar-refractivity contribution < 1.29 is 14.3 Å². The molecule has 0 radical (unpaired) electrons. The van der Waals surface area contributed by atoms with Crippen LogP contribution in [-0.4, -0.2) is 53.6 Å². The lowest BCUT2D eigenvalue weighted by molar-refractivity contribution is -0.131. The number of ether oxygens (including phenoxy) is 2. The molecule has 0 aromatic heterocycles. The zero-order valence-corrected chi connectivity index (χ0v) is 18.3. The fraction of sp³-hybridized carbons (Fsp3) is 0.500. The molecule has 2 fully saturated rings. The molecule has 3 unspecified atom stereocenters. The van der Waals surface area contributed by atoms with Crippen molar-refractivity contribution in [1.29, 1.82) is 0 Å². The minimum absolute atomic E-state index is 0.117. The van der Waals surface area contributed by atoms with Crippen molar-refractivity contribution in [2.75, 3.05) is 19.7 Å². The van der Waals surface area contributed by atoms with Crippen LogP contribution in [0.1, 0.15) is 38.2 Å². The predicted molar refractivity (Wildman–Crippen MR) is 120 cm³/mol. The predicted octanol–water partition coefficient (Wildman–Crippen LogP) is 4.12. The summed E-state index contributed by atoms with van der Waals surface area (Å²) in [6, 6.07) is 19.8. The van der Waals surface area contributed by atoms with Gasteiger partial charge in [-0.1, -0.05) is 42.5 Å². The lowest BCUT2D eigenvalue weighted by atomic mass is 9.89. The Hall–Kier alpha value is -2.53. The number of piperidine rings is 1. The zero-order chi connectivity index (χ0) is 21.2. The van der Waals surface area contributed by atoms with E-state index in [2.05, 4.69) is 35.2 Å². The maximum Gasteiger partial charge on any atom is 0.219 e. The molecule has 31 heavy (non-hydrogen) atoms. The van der Waals surface area contributed by atoms with E-state index in [1.54, 1.807) is 6.92 Å². The average Bonchev–Trinajstić information content (AvgIpc) is 3.01. The molecule has 0 N–H and O–H groups in total. The van der Waals surface area contributed by atoms with E-state index >= 15 is 0 Å². The largest absolute Gasteiger partial charge is 0.486 e. The quantitative estimate of drug-likeness (QED) is 0.705. The number of carbonyl (C=O) groups is 1. The summed E-state index contributed by atoms with van der Waals surface area (Å²) in [7, 11) is 0. The second-order valence-electron chi connectivity index (χ2n) is 9.30. The Morgan fingerprint density at radius 1 is 0.968 bits per heavy atom. The smallest absolute Gasteiger partial charge is 0.219 e. The van der Waals surface area contributed by atoms with Gasteiger partial charge in [-0.2, -0.15) is 0 Å². The highest BCUT2D eigenvalue weighted by molar-refractivity contribution is 5.73. The van der Waals surface area contributed by atoms with Crippen LogP contribution in [0.25, 0.3) is 0 Å². The van der Waals surface area contributed by atoms with Crippen molar-refractivity contribution in [3.8, 4) is 11.5 Å². The van der Waals surface area contributed by atoms with Crippen LogP contribution in [0, 0.1) is 5.92 Å². The first-order valence-corrected chi connectivity index (χ1v) is 11.6. The molecule has 5 rings (SSSR count). The van der Waals surface area contributed by atoms with Crippen LogP contribution in [0.2, 0.25) is 0 Å². The summed E-state index contributed by atoms with van der Waals surface area (Å²) in [5.41, 5.74) is 1.40. The van der Waals surface area contributed by atoms with E-state index in [0.717, 1.165) is 24.6 Å². The Morgan fingerprint density at radius 2 is 1.65 bits per heavy atom. The van der Waals surface area contributed by atoms with Crippen molar-refractivity contribution >= 4 is 5.91 Å². The van der Waals surface area contributed by atoms with Crippen LogP contribution in [0.5, 0.6) is 11.5 Å². The van der Waals surface area contributed by atoms with E-state index in [9.17, 15) is 4.79 Å². The summed E-state index contributed by atoms with van der Waals surface area (Å²) in [6.45, 7) is 4.62. The lowest BCUT2D eigenvalue weighted by Gasteiger charge is -2.41. The van der Waals surface area contributed by atoms with Gasteiger partial charge in [0.15, 0.2) is 17.6 Å².